The Bertz CT molecular complexity index is 240. The van der Waals surface area contributed by atoms with Crippen LogP contribution in [0.3, 0.4) is 0 Å². The van der Waals surface area contributed by atoms with Crippen molar-refractivity contribution in [2.75, 3.05) is 16.8 Å². The van der Waals surface area contributed by atoms with Crippen molar-refractivity contribution in [1.29, 1.82) is 0 Å². The predicted molar refractivity (Wildman–Crippen MR) is 53.8 cm³/mol. The van der Waals surface area contributed by atoms with Crippen LogP contribution in [0.5, 0.6) is 0 Å². The van der Waals surface area contributed by atoms with Crippen molar-refractivity contribution in [2.45, 2.75) is 13.0 Å². The average molecular weight is 185 g/mol. The summed E-state index contributed by atoms with van der Waals surface area (Å²) >= 11 is 3.79. The Labute approximate surface area is 75.2 Å². The zero-order chi connectivity index (χ0) is 7.68. The highest BCUT2D eigenvalue weighted by atomic mass is 32.2. The van der Waals surface area contributed by atoms with Crippen molar-refractivity contribution in [3.05, 3.63) is 16.3 Å². The highest BCUT2D eigenvalue weighted by molar-refractivity contribution is 8.00. The molecule has 0 spiro atoms. The van der Waals surface area contributed by atoms with E-state index >= 15 is 0 Å². The van der Waals surface area contributed by atoms with Crippen LogP contribution < -0.4 is 5.32 Å². The van der Waals surface area contributed by atoms with E-state index in [1.54, 1.807) is 11.3 Å². The first kappa shape index (κ1) is 7.50. The summed E-state index contributed by atoms with van der Waals surface area (Å²) in [6.45, 7) is 2.16. The molecule has 3 heteroatoms. The van der Waals surface area contributed by atoms with E-state index in [1.807, 2.05) is 11.8 Å². The molecule has 0 atom stereocenters. The summed E-state index contributed by atoms with van der Waals surface area (Å²) in [5.74, 6) is 2.55. The molecule has 0 unspecified atom stereocenters. The molecule has 1 aromatic rings. The monoisotopic (exact) mass is 185 g/mol. The highest BCUT2D eigenvalue weighted by Gasteiger charge is 2.17. The van der Waals surface area contributed by atoms with Crippen molar-refractivity contribution in [3.8, 4) is 0 Å². The zero-order valence-corrected chi connectivity index (χ0v) is 8.10. The van der Waals surface area contributed by atoms with Crippen molar-refractivity contribution in [2.24, 2.45) is 0 Å². The van der Waals surface area contributed by atoms with Gasteiger partial charge in [-0.25, -0.2) is 0 Å². The number of thiophene rings is 1. The summed E-state index contributed by atoms with van der Waals surface area (Å²) < 4.78 is 0. The molecule has 1 aromatic heterocycles. The Hall–Kier alpha value is -0.150. The lowest BCUT2D eigenvalue weighted by molar-refractivity contribution is 0.882. The minimum Gasteiger partial charge on any atom is -0.380 e. The summed E-state index contributed by atoms with van der Waals surface area (Å²) in [6.07, 6.45) is 0. The predicted octanol–water partition coefficient (Wildman–Crippen LogP) is 2.58. The van der Waals surface area contributed by atoms with Crippen molar-refractivity contribution in [1.82, 2.24) is 0 Å². The van der Waals surface area contributed by atoms with Gasteiger partial charge in [-0.2, -0.15) is 11.8 Å². The molecule has 0 aromatic carbocycles. The van der Waals surface area contributed by atoms with Gasteiger partial charge in [0.1, 0.15) is 0 Å². The molecule has 2 rings (SSSR count). The van der Waals surface area contributed by atoms with Crippen LogP contribution in [-0.2, 0) is 0 Å². The number of hydrogen-bond donors (Lipinski definition) is 1. The Morgan fingerprint density at radius 3 is 2.73 bits per heavy atom. The number of anilines is 1. The largest absolute Gasteiger partial charge is 0.380 e. The smallest absolute Gasteiger partial charge is 0.0481 e. The fraction of sp³-hybridized carbons (Fsp3) is 0.500. The summed E-state index contributed by atoms with van der Waals surface area (Å²) in [6, 6.07) is 0.730. The number of hydrogen-bond acceptors (Lipinski definition) is 3. The van der Waals surface area contributed by atoms with E-state index in [-0.39, 0.29) is 0 Å². The van der Waals surface area contributed by atoms with Gasteiger partial charge >= 0.3 is 0 Å². The fourth-order valence-corrected chi connectivity index (χ4v) is 2.47. The maximum atomic E-state index is 3.52. The van der Waals surface area contributed by atoms with Gasteiger partial charge in [-0.1, -0.05) is 0 Å². The average Bonchev–Trinajstić information content (AvgIpc) is 2.27. The van der Waals surface area contributed by atoms with E-state index in [2.05, 4.69) is 23.0 Å². The minimum atomic E-state index is 0.730. The second-order valence-corrected chi connectivity index (χ2v) is 4.67. The molecule has 2 heterocycles. The molecule has 0 saturated carbocycles. The van der Waals surface area contributed by atoms with Gasteiger partial charge in [0.15, 0.2) is 0 Å². The molecule has 0 aliphatic carbocycles. The topological polar surface area (TPSA) is 12.0 Å². The van der Waals surface area contributed by atoms with E-state index in [1.165, 1.54) is 22.8 Å². The Balaban J connectivity index is 1.99. The van der Waals surface area contributed by atoms with Gasteiger partial charge in [0.2, 0.25) is 0 Å². The van der Waals surface area contributed by atoms with Crippen LogP contribution in [0.4, 0.5) is 5.69 Å². The summed E-state index contributed by atoms with van der Waals surface area (Å²) in [7, 11) is 0. The third-order valence-electron chi connectivity index (χ3n) is 1.85. The van der Waals surface area contributed by atoms with Gasteiger partial charge in [-0.15, -0.1) is 11.3 Å². The Morgan fingerprint density at radius 2 is 2.27 bits per heavy atom. The van der Waals surface area contributed by atoms with Crippen LogP contribution in [-0.4, -0.2) is 17.5 Å². The van der Waals surface area contributed by atoms with Crippen LogP contribution in [0.2, 0.25) is 0 Å². The lowest BCUT2D eigenvalue weighted by Crippen LogP contribution is -2.33. The molecule has 1 N–H and O–H groups in total. The normalized spacial score (nSPS) is 17.9. The molecule has 1 saturated heterocycles. The van der Waals surface area contributed by atoms with Gasteiger partial charge in [-0.05, 0) is 17.9 Å². The van der Waals surface area contributed by atoms with E-state index < -0.39 is 0 Å². The van der Waals surface area contributed by atoms with Gasteiger partial charge in [0.05, 0.1) is 0 Å². The molecule has 60 valence electrons. The molecule has 1 aliphatic rings. The van der Waals surface area contributed by atoms with Crippen molar-refractivity contribution >= 4 is 28.8 Å². The van der Waals surface area contributed by atoms with E-state index in [9.17, 15) is 0 Å². The van der Waals surface area contributed by atoms with E-state index in [0.29, 0.717) is 0 Å². The van der Waals surface area contributed by atoms with E-state index in [4.69, 9.17) is 0 Å². The standard InChI is InChI=1S/C8H11NS2/c1-6-2-10-5-8(6)9-7-3-11-4-7/h2,5,7,9H,3-4H2,1H3. The third kappa shape index (κ3) is 1.54. The lowest BCUT2D eigenvalue weighted by atomic mass is 10.3. The first-order valence-electron chi connectivity index (χ1n) is 3.73. The number of rotatable bonds is 2. The number of nitrogens with one attached hydrogen (secondary N) is 1. The quantitative estimate of drug-likeness (QED) is 0.760. The maximum Gasteiger partial charge on any atom is 0.0481 e. The van der Waals surface area contributed by atoms with Crippen molar-refractivity contribution < 1.29 is 0 Å². The van der Waals surface area contributed by atoms with Crippen LogP contribution >= 0.6 is 23.1 Å². The van der Waals surface area contributed by atoms with Crippen LogP contribution in [0.1, 0.15) is 5.56 Å². The summed E-state index contributed by atoms with van der Waals surface area (Å²) in [5.41, 5.74) is 2.72. The molecule has 11 heavy (non-hydrogen) atoms. The summed E-state index contributed by atoms with van der Waals surface area (Å²) in [5, 5.41) is 7.90. The fourth-order valence-electron chi connectivity index (χ4n) is 1.05. The first-order chi connectivity index (χ1) is 5.36. The van der Waals surface area contributed by atoms with Gasteiger partial charge < -0.3 is 5.32 Å². The minimum absolute atomic E-state index is 0.730. The third-order valence-corrected chi connectivity index (χ3v) is 3.99. The second kappa shape index (κ2) is 3.07. The maximum absolute atomic E-state index is 3.52. The number of aryl methyl sites for hydroxylation is 1. The molecular weight excluding hydrogens is 174 g/mol. The Kier molecular flexibility index (Phi) is 2.09. The highest BCUT2D eigenvalue weighted by Crippen LogP contribution is 2.25. The second-order valence-electron chi connectivity index (χ2n) is 2.85. The molecule has 1 aliphatic heterocycles. The van der Waals surface area contributed by atoms with Crippen LogP contribution in [0.15, 0.2) is 10.8 Å². The van der Waals surface area contributed by atoms with Gasteiger partial charge in [0, 0.05) is 28.6 Å². The van der Waals surface area contributed by atoms with Crippen molar-refractivity contribution in [3.63, 3.8) is 0 Å². The molecule has 1 fully saturated rings. The molecule has 0 amide bonds. The number of thioether (sulfide) groups is 1. The zero-order valence-electron chi connectivity index (χ0n) is 6.46. The van der Waals surface area contributed by atoms with Gasteiger partial charge in [-0.3, -0.25) is 0 Å². The summed E-state index contributed by atoms with van der Waals surface area (Å²) in [4.78, 5) is 0. The molecule has 1 nitrogen and oxygen atoms in total. The molecule has 0 radical (unpaired) electrons. The molecule has 0 bridgehead atoms. The van der Waals surface area contributed by atoms with Gasteiger partial charge in [0.25, 0.3) is 0 Å². The lowest BCUT2D eigenvalue weighted by Gasteiger charge is -2.26. The molecular formula is C8H11NS2. The SMILES string of the molecule is Cc1cscc1NC1CSC1. The van der Waals surface area contributed by atoms with Crippen LogP contribution in [0.25, 0.3) is 0 Å². The van der Waals surface area contributed by atoms with E-state index in [0.717, 1.165) is 6.04 Å². The Morgan fingerprint density at radius 1 is 1.45 bits per heavy atom. The van der Waals surface area contributed by atoms with Crippen LogP contribution in [0, 0.1) is 6.92 Å². The first-order valence-corrected chi connectivity index (χ1v) is 5.83.